The molecule has 0 saturated carbocycles. The van der Waals surface area contributed by atoms with Gasteiger partial charge < -0.3 is 34.0 Å². The molecule has 7 heteroatoms. The Labute approximate surface area is 166 Å². The molecule has 6 rings (SSSR count). The van der Waals surface area contributed by atoms with Crippen molar-refractivity contribution in [2.24, 2.45) is 0 Å². The first-order chi connectivity index (χ1) is 14.3. The third-order valence-corrected chi connectivity index (χ3v) is 5.67. The van der Waals surface area contributed by atoms with Crippen LogP contribution in [0.15, 0.2) is 36.4 Å². The number of fused-ring (bicyclic) bond motifs is 4. The fourth-order valence-electron chi connectivity index (χ4n) is 4.24. The predicted octanol–water partition coefficient (Wildman–Crippen LogP) is 4.01. The molecule has 0 atom stereocenters. The van der Waals surface area contributed by atoms with Gasteiger partial charge in [0.2, 0.25) is 13.6 Å². The molecule has 148 valence electrons. The minimum atomic E-state index is 0.0929. The van der Waals surface area contributed by atoms with E-state index >= 15 is 0 Å². The Hall–Kier alpha value is -3.32. The average Bonchev–Trinajstić information content (AvgIpc) is 3.49. The maximum atomic E-state index is 9.43. The van der Waals surface area contributed by atoms with Crippen molar-refractivity contribution in [3.63, 3.8) is 0 Å². The largest absolute Gasteiger partial charge is 0.454 e. The summed E-state index contributed by atoms with van der Waals surface area (Å²) in [6.07, 6.45) is 1.52. The molecule has 0 amide bonds. The normalized spacial score (nSPS) is 14.6. The summed E-state index contributed by atoms with van der Waals surface area (Å²) in [4.78, 5) is 7.07. The molecule has 7 nitrogen and oxygen atoms in total. The fourth-order valence-corrected chi connectivity index (χ4v) is 4.24. The number of rotatable bonds is 5. The van der Waals surface area contributed by atoms with Gasteiger partial charge in [-0.15, -0.1) is 0 Å². The Morgan fingerprint density at radius 2 is 1.21 bits per heavy atom. The molecule has 2 aliphatic heterocycles. The number of hydrogen-bond donors (Lipinski definition) is 3. The van der Waals surface area contributed by atoms with Gasteiger partial charge in [-0.1, -0.05) is 0 Å². The number of aliphatic hydroxyl groups excluding tert-OH is 1. The van der Waals surface area contributed by atoms with Crippen LogP contribution in [0.5, 0.6) is 23.0 Å². The van der Waals surface area contributed by atoms with Crippen molar-refractivity contribution in [1.82, 2.24) is 9.97 Å². The van der Waals surface area contributed by atoms with Crippen LogP contribution in [0.2, 0.25) is 0 Å². The number of ether oxygens (including phenoxy) is 4. The molecule has 29 heavy (non-hydrogen) atoms. The number of aliphatic hydroxyl groups is 1. The summed E-state index contributed by atoms with van der Waals surface area (Å²) in [6, 6.07) is 12.3. The van der Waals surface area contributed by atoms with Gasteiger partial charge in [-0.3, -0.25) is 0 Å². The lowest BCUT2D eigenvalue weighted by molar-refractivity contribution is 0.173. The van der Waals surface area contributed by atoms with Gasteiger partial charge in [0.05, 0.1) is 0 Å². The first-order valence-corrected chi connectivity index (χ1v) is 9.74. The van der Waals surface area contributed by atoms with Crippen LogP contribution in [0.4, 0.5) is 0 Å². The smallest absolute Gasteiger partial charge is 0.231 e. The third-order valence-electron chi connectivity index (χ3n) is 5.67. The minimum absolute atomic E-state index is 0.0929. The van der Waals surface area contributed by atoms with Gasteiger partial charge in [0, 0.05) is 57.9 Å². The van der Waals surface area contributed by atoms with Gasteiger partial charge in [0.15, 0.2) is 23.0 Å². The zero-order valence-electron chi connectivity index (χ0n) is 15.7. The van der Waals surface area contributed by atoms with Crippen molar-refractivity contribution >= 4 is 21.8 Å². The lowest BCUT2D eigenvalue weighted by Gasteiger charge is -2.13. The number of aromatic nitrogens is 2. The lowest BCUT2D eigenvalue weighted by Crippen LogP contribution is -2.03. The molecule has 0 unspecified atom stereocenters. The van der Waals surface area contributed by atoms with Gasteiger partial charge in [0.25, 0.3) is 0 Å². The molecule has 0 fully saturated rings. The van der Waals surface area contributed by atoms with Gasteiger partial charge in [-0.05, 0) is 37.1 Å². The summed E-state index contributed by atoms with van der Waals surface area (Å²) >= 11 is 0. The first-order valence-electron chi connectivity index (χ1n) is 9.74. The Morgan fingerprint density at radius 3 is 1.69 bits per heavy atom. The molecule has 0 aliphatic carbocycles. The fraction of sp³-hybridized carbons (Fsp3) is 0.273. The Morgan fingerprint density at radius 1 is 0.724 bits per heavy atom. The van der Waals surface area contributed by atoms with E-state index in [1.165, 1.54) is 0 Å². The minimum Gasteiger partial charge on any atom is -0.454 e. The highest BCUT2D eigenvalue weighted by atomic mass is 16.7. The molecule has 0 spiro atoms. The van der Waals surface area contributed by atoms with Crippen LogP contribution in [-0.4, -0.2) is 35.3 Å². The van der Waals surface area contributed by atoms with Crippen LogP contribution < -0.4 is 18.9 Å². The summed E-state index contributed by atoms with van der Waals surface area (Å²) in [5.41, 5.74) is 4.19. The molecule has 2 aromatic carbocycles. The summed E-state index contributed by atoms with van der Waals surface area (Å²) in [7, 11) is 0. The number of hydrogen-bond acceptors (Lipinski definition) is 5. The summed E-state index contributed by atoms with van der Waals surface area (Å²) < 4.78 is 22.0. The number of H-pyrrole nitrogens is 2. The van der Waals surface area contributed by atoms with E-state index in [1.807, 2.05) is 24.3 Å². The van der Waals surface area contributed by atoms with Gasteiger partial charge in [-0.2, -0.15) is 0 Å². The molecule has 0 saturated heterocycles. The van der Waals surface area contributed by atoms with Gasteiger partial charge >= 0.3 is 0 Å². The van der Waals surface area contributed by atoms with E-state index in [9.17, 15) is 5.11 Å². The standard InChI is InChI=1S/C22H20N2O5/c25-3-1-2-14(17-4-12-6-19-21(28-10-26-19)8-15(12)23-17)18-5-13-7-20-22(29-11-27-20)9-16(13)24-18/h4-9,14,23-25H,1-3,10-11H2. The highest BCUT2D eigenvalue weighted by Gasteiger charge is 2.22. The molecular weight excluding hydrogens is 372 g/mol. The van der Waals surface area contributed by atoms with Gasteiger partial charge in [-0.25, -0.2) is 0 Å². The second-order valence-corrected chi connectivity index (χ2v) is 7.45. The van der Waals surface area contributed by atoms with E-state index in [0.717, 1.165) is 62.6 Å². The van der Waals surface area contributed by atoms with E-state index in [1.54, 1.807) is 0 Å². The molecule has 2 aliphatic rings. The summed E-state index contributed by atoms with van der Waals surface area (Å²) in [6.45, 7) is 0.684. The van der Waals surface area contributed by atoms with Crippen molar-refractivity contribution in [2.75, 3.05) is 20.2 Å². The van der Waals surface area contributed by atoms with E-state index in [2.05, 4.69) is 22.1 Å². The van der Waals surface area contributed by atoms with Crippen LogP contribution in [-0.2, 0) is 0 Å². The Balaban J connectivity index is 1.43. The molecule has 0 radical (unpaired) electrons. The maximum absolute atomic E-state index is 9.43. The van der Waals surface area contributed by atoms with E-state index < -0.39 is 0 Å². The van der Waals surface area contributed by atoms with Gasteiger partial charge in [0.1, 0.15) is 0 Å². The van der Waals surface area contributed by atoms with Crippen LogP contribution in [0, 0.1) is 0 Å². The molecule has 4 aromatic rings. The summed E-state index contributed by atoms with van der Waals surface area (Å²) in [5.74, 6) is 3.16. The topological polar surface area (TPSA) is 88.7 Å². The second-order valence-electron chi connectivity index (χ2n) is 7.45. The van der Waals surface area contributed by atoms with Crippen LogP contribution in [0.1, 0.15) is 30.1 Å². The Bertz CT molecular complexity index is 1050. The molecule has 2 aromatic heterocycles. The number of benzene rings is 2. The highest BCUT2D eigenvalue weighted by molar-refractivity contribution is 5.86. The zero-order chi connectivity index (χ0) is 19.4. The quantitative estimate of drug-likeness (QED) is 0.478. The average molecular weight is 392 g/mol. The summed E-state index contributed by atoms with van der Waals surface area (Å²) in [5, 5.41) is 11.6. The van der Waals surface area contributed by atoms with E-state index in [4.69, 9.17) is 18.9 Å². The maximum Gasteiger partial charge on any atom is 0.231 e. The molecular formula is C22H20N2O5. The zero-order valence-corrected chi connectivity index (χ0v) is 15.7. The predicted molar refractivity (Wildman–Crippen MR) is 107 cm³/mol. The van der Waals surface area contributed by atoms with Crippen molar-refractivity contribution in [1.29, 1.82) is 0 Å². The van der Waals surface area contributed by atoms with E-state index in [0.29, 0.717) is 6.42 Å². The van der Waals surface area contributed by atoms with Crippen LogP contribution in [0.25, 0.3) is 21.8 Å². The Kier molecular flexibility index (Phi) is 3.64. The third kappa shape index (κ3) is 2.69. The van der Waals surface area contributed by atoms with E-state index in [-0.39, 0.29) is 26.1 Å². The molecule has 3 N–H and O–H groups in total. The number of nitrogens with one attached hydrogen (secondary N) is 2. The first kappa shape index (κ1) is 16.6. The monoisotopic (exact) mass is 392 g/mol. The molecule has 4 heterocycles. The van der Waals surface area contributed by atoms with Crippen LogP contribution in [0.3, 0.4) is 0 Å². The lowest BCUT2D eigenvalue weighted by atomic mass is 9.95. The van der Waals surface area contributed by atoms with Crippen molar-refractivity contribution in [3.8, 4) is 23.0 Å². The van der Waals surface area contributed by atoms with Crippen molar-refractivity contribution < 1.29 is 24.1 Å². The molecule has 0 bridgehead atoms. The van der Waals surface area contributed by atoms with Crippen molar-refractivity contribution in [2.45, 2.75) is 18.8 Å². The second kappa shape index (κ2) is 6.35. The highest BCUT2D eigenvalue weighted by Crippen LogP contribution is 2.40. The number of aromatic amines is 2. The SMILES string of the molecule is OCCCC(c1cc2cc3c(cc2[nH]1)OCO3)c1cc2cc3c(cc2[nH]1)OCO3. The van der Waals surface area contributed by atoms with Crippen LogP contribution >= 0.6 is 0 Å². The van der Waals surface area contributed by atoms with Crippen molar-refractivity contribution in [3.05, 3.63) is 47.8 Å².